The van der Waals surface area contributed by atoms with Gasteiger partial charge in [-0.05, 0) is 43.0 Å². The first kappa shape index (κ1) is 19.0. The van der Waals surface area contributed by atoms with Crippen molar-refractivity contribution in [2.75, 3.05) is 5.32 Å². The third-order valence-electron chi connectivity index (χ3n) is 4.11. The number of nitrogens with one attached hydrogen (secondary N) is 1. The van der Waals surface area contributed by atoms with E-state index in [0.717, 1.165) is 17.7 Å². The molecule has 2 aromatic rings. The van der Waals surface area contributed by atoms with Gasteiger partial charge in [0.1, 0.15) is 0 Å². The molecular formula is C20H22ClNO3. The number of amides is 1. The summed E-state index contributed by atoms with van der Waals surface area (Å²) >= 11 is 5.98. The van der Waals surface area contributed by atoms with Gasteiger partial charge < -0.3 is 10.1 Å². The van der Waals surface area contributed by atoms with E-state index in [4.69, 9.17) is 16.3 Å². The van der Waals surface area contributed by atoms with Gasteiger partial charge >= 0.3 is 5.97 Å². The van der Waals surface area contributed by atoms with Crippen LogP contribution in [-0.2, 0) is 9.53 Å². The third kappa shape index (κ3) is 4.83. The highest BCUT2D eigenvalue weighted by Gasteiger charge is 2.21. The number of carbonyl (C=O) groups excluding carboxylic acids is 2. The summed E-state index contributed by atoms with van der Waals surface area (Å²) in [5.41, 5.74) is 2.04. The molecule has 0 aromatic heterocycles. The van der Waals surface area contributed by atoms with Crippen LogP contribution in [0.1, 0.15) is 49.0 Å². The van der Waals surface area contributed by atoms with Crippen LogP contribution < -0.4 is 5.32 Å². The lowest BCUT2D eigenvalue weighted by atomic mass is 9.97. The van der Waals surface area contributed by atoms with Gasteiger partial charge in [-0.3, -0.25) is 4.79 Å². The molecule has 0 heterocycles. The standard InChI is InChI=1S/C20H22ClNO3/c1-4-13(2)15-9-6-8-12-18(15)22-19(23)14(3)25-20(24)16-10-5-7-11-17(16)21/h5-14H,4H2,1-3H3,(H,22,23)/t13-,14+/m1/s1. The second-order valence-corrected chi connectivity index (χ2v) is 6.32. The van der Waals surface area contributed by atoms with Gasteiger partial charge in [0.15, 0.2) is 6.10 Å². The summed E-state index contributed by atoms with van der Waals surface area (Å²) in [6, 6.07) is 14.2. The molecule has 2 rings (SSSR count). The molecule has 0 fully saturated rings. The van der Waals surface area contributed by atoms with Crippen LogP contribution in [0.15, 0.2) is 48.5 Å². The van der Waals surface area contributed by atoms with Gasteiger partial charge in [-0.25, -0.2) is 4.79 Å². The maximum atomic E-state index is 12.4. The lowest BCUT2D eigenvalue weighted by molar-refractivity contribution is -0.123. The summed E-state index contributed by atoms with van der Waals surface area (Å²) in [6.07, 6.45) is 0.0259. The van der Waals surface area contributed by atoms with E-state index in [1.54, 1.807) is 24.3 Å². The lowest BCUT2D eigenvalue weighted by Crippen LogP contribution is -2.30. The second kappa shape index (κ2) is 8.67. The quantitative estimate of drug-likeness (QED) is 0.735. The van der Waals surface area contributed by atoms with Gasteiger partial charge in [-0.1, -0.05) is 55.8 Å². The number of benzene rings is 2. The molecule has 0 bridgehead atoms. The van der Waals surface area contributed by atoms with Crippen molar-refractivity contribution in [1.82, 2.24) is 0 Å². The summed E-state index contributed by atoms with van der Waals surface area (Å²) in [7, 11) is 0. The number of ether oxygens (including phenoxy) is 1. The molecule has 0 saturated carbocycles. The number of esters is 1. The molecule has 0 unspecified atom stereocenters. The Bertz CT molecular complexity index is 760. The van der Waals surface area contributed by atoms with Crippen LogP contribution in [0, 0.1) is 0 Å². The first-order valence-electron chi connectivity index (χ1n) is 8.29. The summed E-state index contributed by atoms with van der Waals surface area (Å²) in [5, 5.41) is 3.14. The van der Waals surface area contributed by atoms with Crippen molar-refractivity contribution in [3.8, 4) is 0 Å². The Labute approximate surface area is 153 Å². The number of hydrogen-bond acceptors (Lipinski definition) is 3. The minimum absolute atomic E-state index is 0.240. The van der Waals surface area contributed by atoms with Crippen molar-refractivity contribution in [2.24, 2.45) is 0 Å². The van der Waals surface area contributed by atoms with Gasteiger partial charge in [0, 0.05) is 5.69 Å². The molecule has 1 amide bonds. The predicted octanol–water partition coefficient (Wildman–Crippen LogP) is 5.04. The molecule has 25 heavy (non-hydrogen) atoms. The summed E-state index contributed by atoms with van der Waals surface area (Å²) < 4.78 is 5.24. The average molecular weight is 360 g/mol. The van der Waals surface area contributed by atoms with E-state index in [9.17, 15) is 9.59 Å². The number of halogens is 1. The average Bonchev–Trinajstić information content (AvgIpc) is 2.61. The second-order valence-electron chi connectivity index (χ2n) is 5.91. The highest BCUT2D eigenvalue weighted by atomic mass is 35.5. The first-order valence-corrected chi connectivity index (χ1v) is 8.67. The molecular weight excluding hydrogens is 338 g/mol. The van der Waals surface area contributed by atoms with E-state index in [1.165, 1.54) is 6.92 Å². The van der Waals surface area contributed by atoms with Gasteiger partial charge in [0.2, 0.25) is 0 Å². The molecule has 1 N–H and O–H groups in total. The molecule has 0 aliphatic heterocycles. The van der Waals surface area contributed by atoms with Crippen molar-refractivity contribution in [2.45, 2.75) is 39.2 Å². The monoisotopic (exact) mass is 359 g/mol. The van der Waals surface area contributed by atoms with Crippen molar-refractivity contribution in [3.05, 3.63) is 64.7 Å². The number of para-hydroxylation sites is 1. The Morgan fingerprint density at radius 2 is 1.72 bits per heavy atom. The van der Waals surface area contributed by atoms with Gasteiger partial charge in [0.05, 0.1) is 10.6 Å². The van der Waals surface area contributed by atoms with E-state index in [1.807, 2.05) is 24.3 Å². The Balaban J connectivity index is 2.06. The van der Waals surface area contributed by atoms with Gasteiger partial charge in [0.25, 0.3) is 5.91 Å². The zero-order chi connectivity index (χ0) is 18.4. The SMILES string of the molecule is CC[C@@H](C)c1ccccc1NC(=O)[C@H](C)OC(=O)c1ccccc1Cl. The number of carbonyl (C=O) groups is 2. The van der Waals surface area contributed by atoms with Crippen LogP contribution in [0.25, 0.3) is 0 Å². The van der Waals surface area contributed by atoms with Crippen molar-refractivity contribution >= 4 is 29.2 Å². The van der Waals surface area contributed by atoms with Crippen LogP contribution >= 0.6 is 11.6 Å². The zero-order valence-corrected chi connectivity index (χ0v) is 15.3. The smallest absolute Gasteiger partial charge is 0.340 e. The molecule has 0 aliphatic carbocycles. The largest absolute Gasteiger partial charge is 0.449 e. The Hall–Kier alpha value is -2.33. The molecule has 0 aliphatic rings. The van der Waals surface area contributed by atoms with E-state index < -0.39 is 12.1 Å². The van der Waals surface area contributed by atoms with Crippen LogP contribution in [0.2, 0.25) is 5.02 Å². The van der Waals surface area contributed by atoms with Crippen LogP contribution in [0.3, 0.4) is 0 Å². The topological polar surface area (TPSA) is 55.4 Å². The lowest BCUT2D eigenvalue weighted by Gasteiger charge is -2.18. The van der Waals surface area contributed by atoms with Gasteiger partial charge in [-0.2, -0.15) is 0 Å². The minimum Gasteiger partial charge on any atom is -0.449 e. The van der Waals surface area contributed by atoms with Crippen LogP contribution in [0.4, 0.5) is 5.69 Å². The molecule has 4 nitrogen and oxygen atoms in total. The summed E-state index contributed by atoms with van der Waals surface area (Å²) in [5.74, 6) is -0.683. The molecule has 2 atom stereocenters. The number of anilines is 1. The third-order valence-corrected chi connectivity index (χ3v) is 4.44. The maximum absolute atomic E-state index is 12.4. The molecule has 5 heteroatoms. The van der Waals surface area contributed by atoms with E-state index in [2.05, 4.69) is 19.2 Å². The summed E-state index contributed by atoms with van der Waals surface area (Å²) in [4.78, 5) is 24.6. The molecule has 0 saturated heterocycles. The normalized spacial score (nSPS) is 13.0. The number of hydrogen-bond donors (Lipinski definition) is 1. The van der Waals surface area contributed by atoms with Crippen molar-refractivity contribution < 1.29 is 14.3 Å². The molecule has 132 valence electrons. The Kier molecular flexibility index (Phi) is 6.59. The first-order chi connectivity index (χ1) is 11.9. The van der Waals surface area contributed by atoms with E-state index >= 15 is 0 Å². The Morgan fingerprint density at radius 1 is 1.08 bits per heavy atom. The number of rotatable bonds is 6. The molecule has 0 radical (unpaired) electrons. The predicted molar refractivity (Wildman–Crippen MR) is 100 cm³/mol. The van der Waals surface area contributed by atoms with Crippen LogP contribution in [-0.4, -0.2) is 18.0 Å². The fourth-order valence-electron chi connectivity index (χ4n) is 2.40. The van der Waals surface area contributed by atoms with Gasteiger partial charge in [-0.15, -0.1) is 0 Å². The van der Waals surface area contributed by atoms with E-state index in [0.29, 0.717) is 10.9 Å². The Morgan fingerprint density at radius 3 is 2.40 bits per heavy atom. The maximum Gasteiger partial charge on any atom is 0.340 e. The highest BCUT2D eigenvalue weighted by Crippen LogP contribution is 2.26. The van der Waals surface area contributed by atoms with Crippen molar-refractivity contribution in [1.29, 1.82) is 0 Å². The highest BCUT2D eigenvalue weighted by molar-refractivity contribution is 6.33. The summed E-state index contributed by atoms with van der Waals surface area (Å²) in [6.45, 7) is 5.74. The zero-order valence-electron chi connectivity index (χ0n) is 14.6. The molecule has 0 spiro atoms. The van der Waals surface area contributed by atoms with Crippen molar-refractivity contribution in [3.63, 3.8) is 0 Å². The fraction of sp³-hybridized carbons (Fsp3) is 0.300. The van der Waals surface area contributed by atoms with E-state index in [-0.39, 0.29) is 11.5 Å². The fourth-order valence-corrected chi connectivity index (χ4v) is 2.61. The minimum atomic E-state index is -0.936. The molecule has 2 aromatic carbocycles. The van der Waals surface area contributed by atoms with Crippen LogP contribution in [0.5, 0.6) is 0 Å².